The molecule has 0 aliphatic rings. The number of hydrogen-bond donors (Lipinski definition) is 2. The smallest absolute Gasteiger partial charge is 0.251 e. The predicted octanol–water partition coefficient (Wildman–Crippen LogP) is 1.97. The molecule has 0 radical (unpaired) electrons. The van der Waals surface area contributed by atoms with Crippen LogP contribution in [0.2, 0.25) is 0 Å². The number of carbonyl (C=O) groups is 2. The molecule has 7 heteroatoms. The first-order valence-electron chi connectivity index (χ1n) is 6.89. The van der Waals surface area contributed by atoms with Gasteiger partial charge in [-0.05, 0) is 30.7 Å². The summed E-state index contributed by atoms with van der Waals surface area (Å²) in [4.78, 5) is 27.5. The number of nitrogens with one attached hydrogen (secondary N) is 2. The van der Waals surface area contributed by atoms with E-state index in [1.165, 1.54) is 0 Å². The molecule has 0 aliphatic carbocycles. The summed E-state index contributed by atoms with van der Waals surface area (Å²) in [7, 11) is 0. The second-order valence-electron chi connectivity index (χ2n) is 4.92. The van der Waals surface area contributed by atoms with Crippen molar-refractivity contribution in [2.45, 2.75) is 13.0 Å². The van der Waals surface area contributed by atoms with Crippen molar-refractivity contribution in [2.75, 3.05) is 6.54 Å². The van der Waals surface area contributed by atoms with Gasteiger partial charge in [0, 0.05) is 24.0 Å². The Morgan fingerprint density at radius 1 is 1.22 bits per heavy atom. The van der Waals surface area contributed by atoms with Crippen molar-refractivity contribution in [3.05, 3.63) is 65.5 Å². The number of hydrogen-bond acceptors (Lipinski definition) is 3. The van der Waals surface area contributed by atoms with Gasteiger partial charge in [-0.3, -0.25) is 14.6 Å². The highest BCUT2D eigenvalue weighted by Crippen LogP contribution is 2.09. The summed E-state index contributed by atoms with van der Waals surface area (Å²) >= 11 is 0. The van der Waals surface area contributed by atoms with Crippen LogP contribution >= 0.6 is 0 Å². The van der Waals surface area contributed by atoms with Crippen molar-refractivity contribution >= 4 is 11.8 Å². The molecule has 2 aromatic rings. The molecule has 2 N–H and O–H groups in total. The van der Waals surface area contributed by atoms with E-state index >= 15 is 0 Å². The Labute approximate surface area is 131 Å². The number of halogens is 2. The summed E-state index contributed by atoms with van der Waals surface area (Å²) in [6.07, 6.45) is 3.25. The molecule has 1 aromatic heterocycles. The summed E-state index contributed by atoms with van der Waals surface area (Å²) in [6.45, 7) is 1.47. The number of amides is 2. The van der Waals surface area contributed by atoms with Crippen molar-refractivity contribution < 1.29 is 18.4 Å². The molecule has 0 saturated carbocycles. The normalized spacial score (nSPS) is 11.6. The van der Waals surface area contributed by atoms with Crippen molar-refractivity contribution in [3.8, 4) is 0 Å². The summed E-state index contributed by atoms with van der Waals surface area (Å²) in [5.41, 5.74) is 0.634. The maximum atomic E-state index is 13.0. The van der Waals surface area contributed by atoms with Gasteiger partial charge in [-0.2, -0.15) is 0 Å². The molecular formula is C16H15F2N3O2. The standard InChI is InChI=1S/C16H15F2N3O2/c1-10(11-3-2-4-19-8-11)21-15(22)9-20-16(23)12-5-13(17)7-14(18)6-12/h2-8,10H,9H2,1H3,(H,20,23)(H,21,22)/t10-/m0/s1. The van der Waals surface area contributed by atoms with Crippen molar-refractivity contribution in [1.82, 2.24) is 15.6 Å². The molecule has 120 valence electrons. The maximum Gasteiger partial charge on any atom is 0.251 e. The van der Waals surface area contributed by atoms with Crippen LogP contribution in [0.3, 0.4) is 0 Å². The number of aromatic nitrogens is 1. The van der Waals surface area contributed by atoms with E-state index in [9.17, 15) is 18.4 Å². The van der Waals surface area contributed by atoms with E-state index in [-0.39, 0.29) is 18.2 Å². The Morgan fingerprint density at radius 2 is 1.91 bits per heavy atom. The Balaban J connectivity index is 1.87. The molecule has 2 amide bonds. The van der Waals surface area contributed by atoms with Crippen LogP contribution in [0, 0.1) is 11.6 Å². The SMILES string of the molecule is C[C@H](NC(=O)CNC(=O)c1cc(F)cc(F)c1)c1cccnc1. The van der Waals surface area contributed by atoms with Gasteiger partial charge in [0.15, 0.2) is 0 Å². The van der Waals surface area contributed by atoms with Gasteiger partial charge >= 0.3 is 0 Å². The van der Waals surface area contributed by atoms with Crippen LogP contribution < -0.4 is 10.6 Å². The van der Waals surface area contributed by atoms with E-state index in [0.29, 0.717) is 6.07 Å². The van der Waals surface area contributed by atoms with Crippen molar-refractivity contribution in [3.63, 3.8) is 0 Å². The van der Waals surface area contributed by atoms with Gasteiger partial charge in [-0.1, -0.05) is 6.07 Å². The first-order valence-corrected chi connectivity index (χ1v) is 6.89. The Bertz CT molecular complexity index is 687. The number of nitrogens with zero attached hydrogens (tertiary/aromatic N) is 1. The minimum absolute atomic E-state index is 0.185. The van der Waals surface area contributed by atoms with Crippen molar-refractivity contribution in [2.24, 2.45) is 0 Å². The van der Waals surface area contributed by atoms with E-state index in [1.54, 1.807) is 25.4 Å². The van der Waals surface area contributed by atoms with Crippen LogP contribution in [-0.4, -0.2) is 23.3 Å². The molecule has 23 heavy (non-hydrogen) atoms. The fraction of sp³-hybridized carbons (Fsp3) is 0.188. The largest absolute Gasteiger partial charge is 0.348 e. The molecule has 0 unspecified atom stereocenters. The van der Waals surface area contributed by atoms with Gasteiger partial charge in [0.2, 0.25) is 5.91 Å². The lowest BCUT2D eigenvalue weighted by atomic mass is 10.1. The average Bonchev–Trinajstić information content (AvgIpc) is 2.52. The molecule has 1 heterocycles. The second kappa shape index (κ2) is 7.44. The van der Waals surface area contributed by atoms with Gasteiger partial charge in [-0.15, -0.1) is 0 Å². The molecule has 0 bridgehead atoms. The molecule has 0 spiro atoms. The molecule has 5 nitrogen and oxygen atoms in total. The average molecular weight is 319 g/mol. The first-order chi connectivity index (χ1) is 11.0. The van der Waals surface area contributed by atoms with Crippen LogP contribution in [0.15, 0.2) is 42.7 Å². The van der Waals surface area contributed by atoms with Crippen LogP contribution in [-0.2, 0) is 4.79 Å². The highest BCUT2D eigenvalue weighted by atomic mass is 19.1. The quantitative estimate of drug-likeness (QED) is 0.885. The van der Waals surface area contributed by atoms with E-state index < -0.39 is 23.4 Å². The van der Waals surface area contributed by atoms with Gasteiger partial charge in [-0.25, -0.2) is 8.78 Å². The summed E-state index contributed by atoms with van der Waals surface area (Å²) < 4.78 is 26.1. The monoisotopic (exact) mass is 319 g/mol. The number of pyridine rings is 1. The van der Waals surface area contributed by atoms with Crippen LogP contribution in [0.5, 0.6) is 0 Å². The molecule has 0 saturated heterocycles. The van der Waals surface area contributed by atoms with E-state index in [4.69, 9.17) is 0 Å². The first kappa shape index (κ1) is 16.5. The predicted molar refractivity (Wildman–Crippen MR) is 79.5 cm³/mol. The fourth-order valence-electron chi connectivity index (χ4n) is 1.96. The minimum Gasteiger partial charge on any atom is -0.348 e. The second-order valence-corrected chi connectivity index (χ2v) is 4.92. The van der Waals surface area contributed by atoms with Gasteiger partial charge in [0.25, 0.3) is 5.91 Å². The van der Waals surface area contributed by atoms with Crippen LogP contribution in [0.1, 0.15) is 28.9 Å². The Morgan fingerprint density at radius 3 is 2.52 bits per heavy atom. The van der Waals surface area contributed by atoms with Crippen LogP contribution in [0.25, 0.3) is 0 Å². The number of rotatable bonds is 5. The van der Waals surface area contributed by atoms with Gasteiger partial charge in [0.05, 0.1) is 12.6 Å². The zero-order chi connectivity index (χ0) is 16.8. The third kappa shape index (κ3) is 4.84. The molecule has 0 aliphatic heterocycles. The maximum absolute atomic E-state index is 13.0. The van der Waals surface area contributed by atoms with Gasteiger partial charge in [0.1, 0.15) is 11.6 Å². The summed E-state index contributed by atoms with van der Waals surface area (Å²) in [5, 5.41) is 4.99. The fourth-order valence-corrected chi connectivity index (χ4v) is 1.96. The lowest BCUT2D eigenvalue weighted by Crippen LogP contribution is -2.38. The summed E-state index contributed by atoms with van der Waals surface area (Å²) in [6, 6.07) is 5.74. The Hall–Kier alpha value is -2.83. The molecular weight excluding hydrogens is 304 g/mol. The zero-order valence-corrected chi connectivity index (χ0v) is 12.3. The highest BCUT2D eigenvalue weighted by molar-refractivity contribution is 5.96. The number of benzene rings is 1. The lowest BCUT2D eigenvalue weighted by Gasteiger charge is -2.14. The third-order valence-corrected chi connectivity index (χ3v) is 3.10. The third-order valence-electron chi connectivity index (χ3n) is 3.10. The van der Waals surface area contributed by atoms with E-state index in [0.717, 1.165) is 17.7 Å². The topological polar surface area (TPSA) is 71.1 Å². The molecule has 1 atom stereocenters. The Kier molecular flexibility index (Phi) is 5.35. The summed E-state index contributed by atoms with van der Waals surface area (Å²) in [5.74, 6) is -2.87. The lowest BCUT2D eigenvalue weighted by molar-refractivity contribution is -0.120. The van der Waals surface area contributed by atoms with E-state index in [2.05, 4.69) is 15.6 Å². The highest BCUT2D eigenvalue weighted by Gasteiger charge is 2.13. The number of carbonyl (C=O) groups excluding carboxylic acids is 2. The van der Waals surface area contributed by atoms with Crippen molar-refractivity contribution in [1.29, 1.82) is 0 Å². The molecule has 1 aromatic carbocycles. The zero-order valence-electron chi connectivity index (χ0n) is 12.3. The van der Waals surface area contributed by atoms with Gasteiger partial charge < -0.3 is 10.6 Å². The molecule has 0 fully saturated rings. The van der Waals surface area contributed by atoms with E-state index in [1.807, 2.05) is 6.07 Å². The molecule has 2 rings (SSSR count). The minimum atomic E-state index is -0.857. The van der Waals surface area contributed by atoms with Crippen LogP contribution in [0.4, 0.5) is 8.78 Å².